The fourth-order valence-corrected chi connectivity index (χ4v) is 2.98. The minimum Gasteiger partial charge on any atom is -0.465 e. The first-order chi connectivity index (χ1) is 10.3. The van der Waals surface area contributed by atoms with Gasteiger partial charge in [0.1, 0.15) is 10.5 Å². The molecule has 0 unspecified atom stereocenters. The molecule has 0 atom stereocenters. The molecule has 1 aromatic heterocycles. The molecule has 2 heterocycles. The smallest absolute Gasteiger partial charge is 0.410 e. The number of ether oxygens (including phenoxy) is 2. The van der Waals surface area contributed by atoms with Crippen LogP contribution >= 0.6 is 11.3 Å². The van der Waals surface area contributed by atoms with Crippen LogP contribution in [0, 0.1) is 0 Å². The zero-order chi connectivity index (χ0) is 16.3. The maximum atomic E-state index is 12.0. The highest BCUT2D eigenvalue weighted by molar-refractivity contribution is 7.12. The average molecular weight is 323 g/mol. The summed E-state index contributed by atoms with van der Waals surface area (Å²) in [4.78, 5) is 25.8. The molecule has 1 aliphatic rings. The summed E-state index contributed by atoms with van der Waals surface area (Å²) >= 11 is 1.37. The van der Waals surface area contributed by atoms with E-state index in [1.807, 2.05) is 38.3 Å². The lowest BCUT2D eigenvalue weighted by Crippen LogP contribution is -2.39. The van der Waals surface area contributed by atoms with Gasteiger partial charge in [0.15, 0.2) is 0 Å². The van der Waals surface area contributed by atoms with Crippen molar-refractivity contribution in [3.05, 3.63) is 28.0 Å². The Morgan fingerprint density at radius 2 is 2.05 bits per heavy atom. The highest BCUT2D eigenvalue weighted by atomic mass is 32.1. The quantitative estimate of drug-likeness (QED) is 0.781. The van der Waals surface area contributed by atoms with Gasteiger partial charge in [-0.15, -0.1) is 11.3 Å². The van der Waals surface area contributed by atoms with Gasteiger partial charge in [-0.3, -0.25) is 0 Å². The zero-order valence-corrected chi connectivity index (χ0v) is 14.2. The molecule has 2 rings (SSSR count). The lowest BCUT2D eigenvalue weighted by molar-refractivity contribution is 0.0270. The Bertz CT molecular complexity index is 598. The topological polar surface area (TPSA) is 55.8 Å². The molecule has 120 valence electrons. The summed E-state index contributed by atoms with van der Waals surface area (Å²) < 4.78 is 10.1. The van der Waals surface area contributed by atoms with E-state index in [-0.39, 0.29) is 12.1 Å². The van der Waals surface area contributed by atoms with Gasteiger partial charge >= 0.3 is 12.1 Å². The van der Waals surface area contributed by atoms with Crippen LogP contribution in [0.15, 0.2) is 17.5 Å². The molecule has 5 nitrogen and oxygen atoms in total. The molecule has 0 radical (unpaired) electrons. The van der Waals surface area contributed by atoms with Crippen molar-refractivity contribution in [2.45, 2.75) is 32.8 Å². The monoisotopic (exact) mass is 323 g/mol. The Labute approximate surface area is 134 Å². The van der Waals surface area contributed by atoms with Gasteiger partial charge in [0.25, 0.3) is 0 Å². The Morgan fingerprint density at radius 1 is 1.32 bits per heavy atom. The van der Waals surface area contributed by atoms with Crippen LogP contribution in [0.25, 0.3) is 5.57 Å². The van der Waals surface area contributed by atoms with Crippen molar-refractivity contribution >= 4 is 29.0 Å². The third-order valence-electron chi connectivity index (χ3n) is 3.22. The number of carbonyl (C=O) groups excluding carboxylic acids is 2. The Balaban J connectivity index is 2.01. The van der Waals surface area contributed by atoms with Crippen molar-refractivity contribution in [2.75, 3.05) is 20.2 Å². The standard InChI is InChI=1S/C16H21NO4S/c1-16(2,3)21-15(19)17-7-5-11(6-8-17)12-9-13(22-10-12)14(18)20-4/h5,9-10H,6-8H2,1-4H3. The molecule has 1 aliphatic heterocycles. The van der Waals surface area contributed by atoms with Crippen molar-refractivity contribution < 1.29 is 19.1 Å². The van der Waals surface area contributed by atoms with Crippen LogP contribution in [0.1, 0.15) is 42.4 Å². The Kier molecular flexibility index (Phi) is 4.90. The van der Waals surface area contributed by atoms with E-state index in [2.05, 4.69) is 0 Å². The summed E-state index contributed by atoms with van der Waals surface area (Å²) in [6, 6.07) is 1.84. The highest BCUT2D eigenvalue weighted by Crippen LogP contribution is 2.27. The predicted molar refractivity (Wildman–Crippen MR) is 86.1 cm³/mol. The van der Waals surface area contributed by atoms with Crippen LogP contribution in [0.5, 0.6) is 0 Å². The molecule has 6 heteroatoms. The lowest BCUT2D eigenvalue weighted by atomic mass is 10.0. The molecule has 0 aliphatic carbocycles. The van der Waals surface area contributed by atoms with Crippen LogP contribution < -0.4 is 0 Å². The number of rotatable bonds is 2. The van der Waals surface area contributed by atoms with Gasteiger partial charge in [-0.1, -0.05) is 6.08 Å². The summed E-state index contributed by atoms with van der Waals surface area (Å²) in [6.45, 7) is 6.71. The van der Waals surface area contributed by atoms with Crippen molar-refractivity contribution in [3.8, 4) is 0 Å². The van der Waals surface area contributed by atoms with E-state index in [0.29, 0.717) is 18.0 Å². The molecule has 0 bridgehead atoms. The number of hydrogen-bond acceptors (Lipinski definition) is 5. The summed E-state index contributed by atoms with van der Waals surface area (Å²) in [7, 11) is 1.38. The summed E-state index contributed by atoms with van der Waals surface area (Å²) in [5.74, 6) is -0.317. The van der Waals surface area contributed by atoms with E-state index >= 15 is 0 Å². The number of esters is 1. The van der Waals surface area contributed by atoms with Gasteiger partial charge in [0.05, 0.1) is 7.11 Å². The van der Waals surface area contributed by atoms with Crippen LogP contribution in [0.2, 0.25) is 0 Å². The van der Waals surface area contributed by atoms with Crippen LogP contribution in [-0.2, 0) is 9.47 Å². The predicted octanol–water partition coefficient (Wildman–Crippen LogP) is 3.56. The molecule has 1 aromatic rings. The fourth-order valence-electron chi connectivity index (χ4n) is 2.14. The molecule has 0 N–H and O–H groups in total. The number of nitrogens with zero attached hydrogens (tertiary/aromatic N) is 1. The minimum atomic E-state index is -0.482. The number of thiophene rings is 1. The van der Waals surface area contributed by atoms with Crippen LogP contribution in [-0.4, -0.2) is 42.8 Å². The van der Waals surface area contributed by atoms with Crippen molar-refractivity contribution in [1.29, 1.82) is 0 Å². The van der Waals surface area contributed by atoms with Crippen molar-refractivity contribution in [3.63, 3.8) is 0 Å². The minimum absolute atomic E-state index is 0.289. The van der Waals surface area contributed by atoms with Crippen LogP contribution in [0.3, 0.4) is 0 Å². The average Bonchev–Trinajstić information content (AvgIpc) is 2.94. The summed E-state index contributed by atoms with van der Waals surface area (Å²) in [6.07, 6.45) is 2.47. The van der Waals surface area contributed by atoms with Gasteiger partial charge in [0.2, 0.25) is 0 Å². The second kappa shape index (κ2) is 6.52. The maximum Gasteiger partial charge on any atom is 0.410 e. The first-order valence-electron chi connectivity index (χ1n) is 7.14. The normalized spacial score (nSPS) is 15.3. The maximum absolute atomic E-state index is 12.0. The number of amides is 1. The van der Waals surface area contributed by atoms with Crippen LogP contribution in [0.4, 0.5) is 4.79 Å². The van der Waals surface area contributed by atoms with E-state index in [1.165, 1.54) is 18.4 Å². The first-order valence-corrected chi connectivity index (χ1v) is 8.02. The second-order valence-electron chi connectivity index (χ2n) is 6.10. The first kappa shape index (κ1) is 16.5. The number of hydrogen-bond donors (Lipinski definition) is 0. The molecule has 1 amide bonds. The van der Waals surface area contributed by atoms with Gasteiger partial charge in [-0.25, -0.2) is 9.59 Å². The van der Waals surface area contributed by atoms with E-state index < -0.39 is 5.60 Å². The third-order valence-corrected chi connectivity index (χ3v) is 4.13. The van der Waals surface area contributed by atoms with E-state index in [0.717, 1.165) is 17.6 Å². The van der Waals surface area contributed by atoms with E-state index in [4.69, 9.17) is 9.47 Å². The Hall–Kier alpha value is -1.82. The van der Waals surface area contributed by atoms with Gasteiger partial charge < -0.3 is 14.4 Å². The molecular formula is C16H21NO4S. The lowest BCUT2D eigenvalue weighted by Gasteiger charge is -2.29. The SMILES string of the molecule is COC(=O)c1cc(C2=CCN(C(=O)OC(C)(C)C)CC2)cs1. The molecule has 0 aromatic carbocycles. The molecule has 0 saturated carbocycles. The molecule has 0 fully saturated rings. The van der Waals surface area contributed by atoms with Gasteiger partial charge in [0, 0.05) is 13.1 Å². The summed E-state index contributed by atoms with van der Waals surface area (Å²) in [5, 5.41) is 1.95. The fraction of sp³-hybridized carbons (Fsp3) is 0.500. The van der Waals surface area contributed by atoms with Crippen molar-refractivity contribution in [1.82, 2.24) is 4.90 Å². The molecular weight excluding hydrogens is 302 g/mol. The second-order valence-corrected chi connectivity index (χ2v) is 7.01. The van der Waals surface area contributed by atoms with E-state index in [1.54, 1.807) is 4.90 Å². The summed E-state index contributed by atoms with van der Waals surface area (Å²) in [5.41, 5.74) is 1.68. The van der Waals surface area contributed by atoms with Gasteiger partial charge in [-0.2, -0.15) is 0 Å². The highest BCUT2D eigenvalue weighted by Gasteiger charge is 2.24. The van der Waals surface area contributed by atoms with Crippen molar-refractivity contribution in [2.24, 2.45) is 0 Å². The zero-order valence-electron chi connectivity index (χ0n) is 13.3. The van der Waals surface area contributed by atoms with E-state index in [9.17, 15) is 9.59 Å². The molecule has 0 saturated heterocycles. The largest absolute Gasteiger partial charge is 0.465 e. The Morgan fingerprint density at radius 3 is 2.59 bits per heavy atom. The number of carbonyl (C=O) groups is 2. The third kappa shape index (κ3) is 4.10. The molecule has 22 heavy (non-hydrogen) atoms. The molecule has 0 spiro atoms. The number of methoxy groups -OCH3 is 1. The van der Waals surface area contributed by atoms with Gasteiger partial charge in [-0.05, 0) is 49.8 Å².